The molecule has 0 spiro atoms. The van der Waals surface area contributed by atoms with Crippen molar-refractivity contribution >= 4 is 21.7 Å². The molecule has 88 valence electrons. The molecular formula is C10H13BrFN3O. The fourth-order valence-electron chi connectivity index (χ4n) is 1.71. The van der Waals surface area contributed by atoms with Crippen molar-refractivity contribution in [3.63, 3.8) is 0 Å². The van der Waals surface area contributed by atoms with Crippen LogP contribution in [0.1, 0.15) is 5.69 Å². The Morgan fingerprint density at radius 1 is 1.62 bits per heavy atom. The molecule has 4 nitrogen and oxygen atoms in total. The number of hydrogen-bond acceptors (Lipinski definition) is 4. The second kappa shape index (κ2) is 5.05. The van der Waals surface area contributed by atoms with Crippen molar-refractivity contribution in [3.05, 3.63) is 17.8 Å². The first-order valence-electron chi connectivity index (χ1n) is 5.11. The van der Waals surface area contributed by atoms with Gasteiger partial charge in [-0.1, -0.05) is 15.9 Å². The van der Waals surface area contributed by atoms with Gasteiger partial charge in [-0.05, 0) is 6.92 Å². The van der Waals surface area contributed by atoms with Crippen LogP contribution in [0.5, 0.6) is 0 Å². The van der Waals surface area contributed by atoms with Gasteiger partial charge in [0, 0.05) is 11.9 Å². The summed E-state index contributed by atoms with van der Waals surface area (Å²) < 4.78 is 19.2. The van der Waals surface area contributed by atoms with Gasteiger partial charge in [0.15, 0.2) is 11.6 Å². The number of halogens is 2. The maximum atomic E-state index is 13.9. The topological polar surface area (TPSA) is 38.2 Å². The lowest BCUT2D eigenvalue weighted by Gasteiger charge is -2.35. The maximum absolute atomic E-state index is 13.9. The number of aromatic nitrogens is 2. The Labute approximate surface area is 102 Å². The average molecular weight is 290 g/mol. The van der Waals surface area contributed by atoms with E-state index in [0.717, 1.165) is 5.33 Å². The SMILES string of the molecule is Cc1ncnc(N2CCOCC2CBr)c1F. The third-order valence-corrected chi connectivity index (χ3v) is 3.37. The van der Waals surface area contributed by atoms with E-state index in [2.05, 4.69) is 25.9 Å². The lowest BCUT2D eigenvalue weighted by molar-refractivity contribution is 0.0995. The van der Waals surface area contributed by atoms with Crippen molar-refractivity contribution in [3.8, 4) is 0 Å². The Balaban J connectivity index is 2.30. The number of anilines is 1. The van der Waals surface area contributed by atoms with Crippen molar-refractivity contribution in [2.45, 2.75) is 13.0 Å². The Hall–Kier alpha value is -0.750. The van der Waals surface area contributed by atoms with Crippen molar-refractivity contribution in [2.75, 3.05) is 30.0 Å². The molecule has 0 N–H and O–H groups in total. The minimum Gasteiger partial charge on any atom is -0.377 e. The van der Waals surface area contributed by atoms with Crippen LogP contribution in [-0.4, -0.2) is 41.1 Å². The van der Waals surface area contributed by atoms with Crippen LogP contribution in [0.25, 0.3) is 0 Å². The number of morpholine rings is 1. The van der Waals surface area contributed by atoms with E-state index in [9.17, 15) is 4.39 Å². The van der Waals surface area contributed by atoms with Gasteiger partial charge in [-0.2, -0.15) is 0 Å². The fourth-order valence-corrected chi connectivity index (χ4v) is 2.24. The Kier molecular flexibility index (Phi) is 3.70. The van der Waals surface area contributed by atoms with Crippen molar-refractivity contribution in [1.82, 2.24) is 9.97 Å². The lowest BCUT2D eigenvalue weighted by atomic mass is 10.2. The molecule has 1 fully saturated rings. The summed E-state index contributed by atoms with van der Waals surface area (Å²) in [4.78, 5) is 9.79. The Morgan fingerprint density at radius 3 is 3.19 bits per heavy atom. The molecule has 1 unspecified atom stereocenters. The first-order valence-corrected chi connectivity index (χ1v) is 6.23. The van der Waals surface area contributed by atoms with E-state index in [0.29, 0.717) is 31.3 Å². The van der Waals surface area contributed by atoms with Gasteiger partial charge in [0.2, 0.25) is 0 Å². The molecule has 1 atom stereocenters. The van der Waals surface area contributed by atoms with Crippen LogP contribution in [0.3, 0.4) is 0 Å². The standard InChI is InChI=1S/C10H13BrFN3O/c1-7-9(12)10(14-6-13-7)15-2-3-16-5-8(15)4-11/h6,8H,2-5H2,1H3. The zero-order chi connectivity index (χ0) is 11.5. The molecule has 1 aromatic rings. The zero-order valence-electron chi connectivity index (χ0n) is 8.99. The number of nitrogens with zero attached hydrogens (tertiary/aromatic N) is 3. The average Bonchev–Trinajstić information content (AvgIpc) is 2.33. The van der Waals surface area contributed by atoms with Gasteiger partial charge in [-0.3, -0.25) is 0 Å². The highest BCUT2D eigenvalue weighted by Gasteiger charge is 2.26. The lowest BCUT2D eigenvalue weighted by Crippen LogP contribution is -2.47. The predicted molar refractivity (Wildman–Crippen MR) is 62.5 cm³/mol. The quantitative estimate of drug-likeness (QED) is 0.774. The minimum atomic E-state index is -0.338. The normalized spacial score (nSPS) is 21.2. The van der Waals surface area contributed by atoms with Gasteiger partial charge < -0.3 is 9.64 Å². The third kappa shape index (κ3) is 2.17. The van der Waals surface area contributed by atoms with E-state index in [-0.39, 0.29) is 11.9 Å². The van der Waals surface area contributed by atoms with Crippen LogP contribution in [0.15, 0.2) is 6.33 Å². The molecular weight excluding hydrogens is 277 g/mol. The number of ether oxygens (including phenoxy) is 1. The van der Waals surface area contributed by atoms with E-state index in [1.54, 1.807) is 6.92 Å². The molecule has 16 heavy (non-hydrogen) atoms. The third-order valence-electron chi connectivity index (χ3n) is 2.62. The first-order chi connectivity index (χ1) is 7.74. The molecule has 6 heteroatoms. The zero-order valence-corrected chi connectivity index (χ0v) is 10.6. The molecule has 0 radical (unpaired) electrons. The van der Waals surface area contributed by atoms with E-state index in [1.165, 1.54) is 6.33 Å². The van der Waals surface area contributed by atoms with Crippen LogP contribution in [0, 0.1) is 12.7 Å². The monoisotopic (exact) mass is 289 g/mol. The largest absolute Gasteiger partial charge is 0.377 e. The molecule has 0 saturated carbocycles. The maximum Gasteiger partial charge on any atom is 0.186 e. The second-order valence-electron chi connectivity index (χ2n) is 3.67. The molecule has 1 saturated heterocycles. The van der Waals surface area contributed by atoms with Crippen molar-refractivity contribution < 1.29 is 9.13 Å². The molecule has 1 aromatic heterocycles. The molecule has 0 aliphatic carbocycles. The van der Waals surface area contributed by atoms with Crippen LogP contribution in [0.4, 0.5) is 10.2 Å². The second-order valence-corrected chi connectivity index (χ2v) is 4.32. The summed E-state index contributed by atoms with van der Waals surface area (Å²) in [7, 11) is 0. The van der Waals surface area contributed by atoms with Gasteiger partial charge in [-0.25, -0.2) is 14.4 Å². The van der Waals surface area contributed by atoms with Crippen LogP contribution >= 0.6 is 15.9 Å². The van der Waals surface area contributed by atoms with Gasteiger partial charge in [0.1, 0.15) is 6.33 Å². The smallest absolute Gasteiger partial charge is 0.186 e. The highest BCUT2D eigenvalue weighted by molar-refractivity contribution is 9.09. The highest BCUT2D eigenvalue weighted by Crippen LogP contribution is 2.22. The molecule has 0 aromatic carbocycles. The van der Waals surface area contributed by atoms with Crippen molar-refractivity contribution in [1.29, 1.82) is 0 Å². The summed E-state index contributed by atoms with van der Waals surface area (Å²) >= 11 is 3.40. The first kappa shape index (κ1) is 11.7. The summed E-state index contributed by atoms with van der Waals surface area (Å²) in [6, 6.07) is 0.123. The summed E-state index contributed by atoms with van der Waals surface area (Å²) in [6.07, 6.45) is 1.40. The van der Waals surface area contributed by atoms with Gasteiger partial charge in [0.05, 0.1) is 24.9 Å². The Bertz CT molecular complexity index is 377. The van der Waals surface area contributed by atoms with Gasteiger partial charge >= 0.3 is 0 Å². The number of aryl methyl sites for hydroxylation is 1. The number of hydrogen-bond donors (Lipinski definition) is 0. The molecule has 2 heterocycles. The van der Waals surface area contributed by atoms with Gasteiger partial charge in [-0.15, -0.1) is 0 Å². The van der Waals surface area contributed by atoms with Crippen LogP contribution in [0.2, 0.25) is 0 Å². The summed E-state index contributed by atoms with van der Waals surface area (Å²) in [6.45, 7) is 3.49. The molecule has 0 bridgehead atoms. The van der Waals surface area contributed by atoms with E-state index in [1.807, 2.05) is 4.90 Å². The molecule has 1 aliphatic rings. The van der Waals surface area contributed by atoms with E-state index in [4.69, 9.17) is 4.74 Å². The Morgan fingerprint density at radius 2 is 2.44 bits per heavy atom. The summed E-state index contributed by atoms with van der Waals surface area (Å²) in [5.41, 5.74) is 0.379. The summed E-state index contributed by atoms with van der Waals surface area (Å²) in [5.74, 6) is 0.0376. The molecule has 2 rings (SSSR count). The van der Waals surface area contributed by atoms with Crippen LogP contribution in [-0.2, 0) is 4.74 Å². The van der Waals surface area contributed by atoms with Crippen molar-refractivity contribution in [2.24, 2.45) is 0 Å². The minimum absolute atomic E-state index is 0.123. The molecule has 0 amide bonds. The van der Waals surface area contributed by atoms with E-state index < -0.39 is 0 Å². The number of alkyl halides is 1. The van der Waals surface area contributed by atoms with Crippen LogP contribution < -0.4 is 4.90 Å². The highest BCUT2D eigenvalue weighted by atomic mass is 79.9. The van der Waals surface area contributed by atoms with Gasteiger partial charge in [0.25, 0.3) is 0 Å². The predicted octanol–water partition coefficient (Wildman–Crippen LogP) is 1.52. The summed E-state index contributed by atoms with van der Waals surface area (Å²) in [5, 5.41) is 0.732. The fraction of sp³-hybridized carbons (Fsp3) is 0.600. The van der Waals surface area contributed by atoms with E-state index >= 15 is 0 Å². The molecule has 1 aliphatic heterocycles. The number of rotatable bonds is 2.